The molecule has 106 valence electrons. The Morgan fingerprint density at radius 2 is 1.70 bits per heavy atom. The maximum atomic E-state index is 5.75. The molecule has 3 aromatic rings. The van der Waals surface area contributed by atoms with Gasteiger partial charge in [0.15, 0.2) is 0 Å². The summed E-state index contributed by atoms with van der Waals surface area (Å²) >= 11 is 0. The van der Waals surface area contributed by atoms with Gasteiger partial charge in [-0.25, -0.2) is 4.98 Å². The normalized spacial score (nSPS) is 9.80. The van der Waals surface area contributed by atoms with E-state index in [1.165, 1.54) is 5.56 Å². The molecule has 3 N–H and O–H groups in total. The first kappa shape index (κ1) is 16.3. The highest BCUT2D eigenvalue weighted by Gasteiger charge is 2.03. The smallest absolute Gasteiger partial charge is 0.107 e. The molecule has 0 amide bonds. The molecule has 1 aromatic heterocycles. The summed E-state index contributed by atoms with van der Waals surface area (Å²) in [5.74, 6) is 1.01. The zero-order chi connectivity index (χ0) is 12.4. The van der Waals surface area contributed by atoms with Gasteiger partial charge >= 0.3 is 0 Å². The van der Waals surface area contributed by atoms with Gasteiger partial charge in [0.2, 0.25) is 0 Å². The van der Waals surface area contributed by atoms with Crippen LogP contribution in [-0.4, -0.2) is 9.97 Å². The first-order valence-corrected chi connectivity index (χ1v) is 6.09. The molecule has 0 spiro atoms. The number of nitrogen functional groups attached to an aromatic ring is 1. The first-order valence-electron chi connectivity index (χ1n) is 6.09. The first-order chi connectivity index (χ1) is 8.81. The largest absolute Gasteiger partial charge is 1.00 e. The summed E-state index contributed by atoms with van der Waals surface area (Å²) in [6, 6.07) is 16.2. The average molecular weight is 308 g/mol. The quantitative estimate of drug-likeness (QED) is 0.505. The van der Waals surface area contributed by atoms with E-state index in [2.05, 4.69) is 34.2 Å². The van der Waals surface area contributed by atoms with E-state index in [1.807, 2.05) is 24.3 Å². The van der Waals surface area contributed by atoms with Gasteiger partial charge in [-0.3, -0.25) is 0 Å². The van der Waals surface area contributed by atoms with E-state index in [9.17, 15) is 0 Å². The van der Waals surface area contributed by atoms with Crippen molar-refractivity contribution in [1.29, 1.82) is 0 Å². The van der Waals surface area contributed by atoms with Crippen molar-refractivity contribution < 1.29 is 24.8 Å². The molecule has 1 heterocycles. The topological polar surface area (TPSA) is 54.7 Å². The molecule has 3 rings (SSSR count). The minimum Gasteiger partial charge on any atom is -1.00 e. The number of fused-ring (bicyclic) bond motifs is 1. The van der Waals surface area contributed by atoms with Crippen LogP contribution in [0, 0.1) is 0 Å². The zero-order valence-corrected chi connectivity index (χ0v) is 12.3. The molecule has 0 fully saturated rings. The van der Waals surface area contributed by atoms with Crippen molar-refractivity contribution in [3.8, 4) is 0 Å². The van der Waals surface area contributed by atoms with Gasteiger partial charge in [0, 0.05) is 12.1 Å². The molecule has 0 aliphatic carbocycles. The molecular weight excluding hydrogens is 293 g/mol. The van der Waals surface area contributed by atoms with Crippen molar-refractivity contribution >= 4 is 16.7 Å². The molecule has 0 radical (unpaired) electrons. The van der Waals surface area contributed by atoms with E-state index >= 15 is 0 Å². The second kappa shape index (κ2) is 7.17. The van der Waals surface area contributed by atoms with Crippen LogP contribution >= 0.6 is 0 Å². The lowest BCUT2D eigenvalue weighted by atomic mass is 10.1. The lowest BCUT2D eigenvalue weighted by molar-refractivity contribution is -0.00100. The molecule has 0 saturated carbocycles. The Kier molecular flexibility index (Phi) is 5.86. The third-order valence-electron chi connectivity index (χ3n) is 3.05. The van der Waals surface area contributed by atoms with Crippen molar-refractivity contribution in [3.05, 3.63) is 59.9 Å². The predicted octanol–water partition coefficient (Wildman–Crippen LogP) is -3.06. The van der Waals surface area contributed by atoms with Crippen molar-refractivity contribution in [2.45, 2.75) is 12.8 Å². The zero-order valence-electron chi connectivity index (χ0n) is 10.8. The summed E-state index contributed by atoms with van der Waals surface area (Å²) in [5, 5.41) is 0. The molecule has 0 saturated heterocycles. The third-order valence-corrected chi connectivity index (χ3v) is 3.05. The summed E-state index contributed by atoms with van der Waals surface area (Å²) in [6.45, 7) is 0. The molecule has 5 heteroatoms. The molecule has 0 bridgehead atoms. The van der Waals surface area contributed by atoms with Crippen LogP contribution < -0.4 is 30.5 Å². The average Bonchev–Trinajstić information content (AvgIpc) is 2.79. The Balaban J connectivity index is 0.000001000. The Labute approximate surface area is 130 Å². The van der Waals surface area contributed by atoms with Gasteiger partial charge in [-0.1, -0.05) is 30.3 Å². The second-order valence-electron chi connectivity index (χ2n) is 4.45. The van der Waals surface area contributed by atoms with Crippen molar-refractivity contribution in [2.24, 2.45) is 0 Å². The molecule has 20 heavy (non-hydrogen) atoms. The van der Waals surface area contributed by atoms with Crippen LogP contribution in [0.5, 0.6) is 0 Å². The number of hydrogen-bond acceptors (Lipinski definition) is 2. The van der Waals surface area contributed by atoms with Crippen LogP contribution in [0.25, 0.3) is 11.0 Å². The van der Waals surface area contributed by atoms with Gasteiger partial charge in [-0.15, -0.1) is 0 Å². The number of H-pyrrole nitrogens is 1. The Morgan fingerprint density at radius 1 is 0.950 bits per heavy atom. The minimum atomic E-state index is 0. The fraction of sp³-hybridized carbons (Fsp3) is 0.133. The Bertz CT molecular complexity index is 665. The van der Waals surface area contributed by atoms with Crippen molar-refractivity contribution in [2.75, 3.05) is 5.73 Å². The number of halogens is 2. The lowest BCUT2D eigenvalue weighted by Crippen LogP contribution is -3.00. The number of aromatic amines is 1. The number of imidazole rings is 1. The van der Waals surface area contributed by atoms with Gasteiger partial charge in [-0.2, -0.15) is 0 Å². The number of hydrogen-bond donors (Lipinski definition) is 2. The van der Waals surface area contributed by atoms with Gasteiger partial charge < -0.3 is 35.5 Å². The van der Waals surface area contributed by atoms with Gasteiger partial charge in [0.25, 0.3) is 0 Å². The van der Waals surface area contributed by atoms with E-state index in [0.717, 1.165) is 35.4 Å². The summed E-state index contributed by atoms with van der Waals surface area (Å²) in [5.41, 5.74) is 9.84. The lowest BCUT2D eigenvalue weighted by Gasteiger charge is -1.97. The molecule has 0 aliphatic rings. The Hall–Kier alpha value is -1.71. The second-order valence-corrected chi connectivity index (χ2v) is 4.45. The number of aromatic nitrogens is 2. The highest BCUT2D eigenvalue weighted by molar-refractivity contribution is 5.78. The van der Waals surface area contributed by atoms with E-state index in [0.29, 0.717) is 0 Å². The molecule has 3 nitrogen and oxygen atoms in total. The van der Waals surface area contributed by atoms with E-state index < -0.39 is 0 Å². The third kappa shape index (κ3) is 3.65. The monoisotopic (exact) mass is 307 g/mol. The number of nitrogens with one attached hydrogen (secondary N) is 1. The molecule has 0 aliphatic heterocycles. The van der Waals surface area contributed by atoms with Crippen LogP contribution in [0.2, 0.25) is 0 Å². The van der Waals surface area contributed by atoms with Gasteiger partial charge in [0.1, 0.15) is 5.82 Å². The van der Waals surface area contributed by atoms with Crippen molar-refractivity contribution in [1.82, 2.24) is 9.97 Å². The van der Waals surface area contributed by atoms with E-state index in [-0.39, 0.29) is 24.8 Å². The maximum Gasteiger partial charge on any atom is 0.107 e. The maximum absolute atomic E-state index is 5.75. The summed E-state index contributed by atoms with van der Waals surface area (Å²) in [6.07, 6.45) is 1.91. The van der Waals surface area contributed by atoms with Crippen molar-refractivity contribution in [3.63, 3.8) is 0 Å². The van der Waals surface area contributed by atoms with Gasteiger partial charge in [0.05, 0.1) is 11.0 Å². The molecule has 0 atom stereocenters. The number of nitrogens with two attached hydrogens (primary N) is 1. The summed E-state index contributed by atoms with van der Waals surface area (Å²) in [4.78, 5) is 7.87. The predicted molar refractivity (Wildman–Crippen MR) is 74.4 cm³/mol. The number of aryl methyl sites for hydroxylation is 2. The highest BCUT2D eigenvalue weighted by Crippen LogP contribution is 2.15. The number of anilines is 1. The minimum absolute atomic E-state index is 0. The summed E-state index contributed by atoms with van der Waals surface area (Å²) < 4.78 is 0. The van der Waals surface area contributed by atoms with E-state index in [1.54, 1.807) is 0 Å². The van der Waals surface area contributed by atoms with Crippen LogP contribution in [0.3, 0.4) is 0 Å². The van der Waals surface area contributed by atoms with Gasteiger partial charge in [-0.05, 0) is 30.2 Å². The fourth-order valence-electron chi connectivity index (χ4n) is 2.11. The molecule has 2 aromatic carbocycles. The summed E-state index contributed by atoms with van der Waals surface area (Å²) in [7, 11) is 0. The number of benzene rings is 2. The van der Waals surface area contributed by atoms with Crippen LogP contribution in [0.15, 0.2) is 48.5 Å². The van der Waals surface area contributed by atoms with Crippen LogP contribution in [0.4, 0.5) is 5.69 Å². The SMILES string of the molecule is Nc1ccc2nc(CCc3ccccc3)[nH]c2c1.[Cl-].[Cl-]. The molecule has 0 unspecified atom stereocenters. The number of rotatable bonds is 3. The number of nitrogens with zero attached hydrogens (tertiary/aromatic N) is 1. The molecular formula is C15H15Cl2N3-2. The van der Waals surface area contributed by atoms with Crippen LogP contribution in [0.1, 0.15) is 11.4 Å². The fourth-order valence-corrected chi connectivity index (χ4v) is 2.11. The van der Waals surface area contributed by atoms with Crippen LogP contribution in [-0.2, 0) is 12.8 Å². The highest BCUT2D eigenvalue weighted by atomic mass is 35.5. The standard InChI is InChI=1S/C15H15N3.2ClH/c16-12-7-8-13-14(10-12)18-15(17-13)9-6-11-4-2-1-3-5-11;;/h1-5,7-8,10H,6,9,16H2,(H,17,18);2*1H/p-2. The Morgan fingerprint density at radius 3 is 2.45 bits per heavy atom. The van der Waals surface area contributed by atoms with E-state index in [4.69, 9.17) is 5.73 Å².